The molecule has 0 saturated carbocycles. The van der Waals surface area contributed by atoms with Gasteiger partial charge in [0.25, 0.3) is 0 Å². The fourth-order valence-corrected chi connectivity index (χ4v) is 3.00. The molecule has 1 aliphatic heterocycles. The minimum absolute atomic E-state index is 0.115. The summed E-state index contributed by atoms with van der Waals surface area (Å²) in [5, 5.41) is 3.55. The van der Waals surface area contributed by atoms with E-state index in [0.717, 1.165) is 13.1 Å². The molecule has 0 aromatic heterocycles. The Bertz CT molecular complexity index is 441. The molecular formula is C16H26N2. The highest BCUT2D eigenvalue weighted by molar-refractivity contribution is 5.52. The number of rotatable bonds is 1. The van der Waals surface area contributed by atoms with E-state index in [4.69, 9.17) is 0 Å². The molecule has 1 aliphatic rings. The zero-order chi connectivity index (χ0) is 13.6. The van der Waals surface area contributed by atoms with Crippen molar-refractivity contribution >= 4 is 5.69 Å². The fourth-order valence-electron chi connectivity index (χ4n) is 3.00. The van der Waals surface area contributed by atoms with Gasteiger partial charge >= 0.3 is 0 Å². The molecular weight excluding hydrogens is 220 g/mol. The van der Waals surface area contributed by atoms with Crippen LogP contribution in [0.4, 0.5) is 5.69 Å². The Labute approximate surface area is 111 Å². The first-order valence-corrected chi connectivity index (χ1v) is 6.77. The van der Waals surface area contributed by atoms with Crippen molar-refractivity contribution in [3.63, 3.8) is 0 Å². The summed E-state index contributed by atoms with van der Waals surface area (Å²) >= 11 is 0. The first kappa shape index (κ1) is 13.4. The number of nitrogens with one attached hydrogen (secondary N) is 1. The summed E-state index contributed by atoms with van der Waals surface area (Å²) in [6.07, 6.45) is 0. The Kier molecular flexibility index (Phi) is 3.18. The lowest BCUT2D eigenvalue weighted by atomic mass is 9.78. The van der Waals surface area contributed by atoms with Gasteiger partial charge < -0.3 is 10.2 Å². The van der Waals surface area contributed by atoms with Crippen molar-refractivity contribution < 1.29 is 0 Å². The molecule has 2 heteroatoms. The molecule has 1 N–H and O–H groups in total. The van der Waals surface area contributed by atoms with Crippen LogP contribution in [0.25, 0.3) is 0 Å². The van der Waals surface area contributed by atoms with Gasteiger partial charge in [-0.1, -0.05) is 19.9 Å². The van der Waals surface area contributed by atoms with Crippen LogP contribution in [0.3, 0.4) is 0 Å². The minimum Gasteiger partial charge on any atom is -0.380 e. The monoisotopic (exact) mass is 246 g/mol. The second-order valence-electron chi connectivity index (χ2n) is 7.30. The van der Waals surface area contributed by atoms with Crippen LogP contribution in [0.2, 0.25) is 0 Å². The van der Waals surface area contributed by atoms with Crippen molar-refractivity contribution in [1.29, 1.82) is 0 Å². The molecule has 0 amide bonds. The number of fused-ring (bicyclic) bond motifs is 1. The van der Waals surface area contributed by atoms with E-state index in [-0.39, 0.29) is 11.0 Å². The normalized spacial score (nSPS) is 19.4. The first-order chi connectivity index (χ1) is 8.17. The number of hydrogen-bond acceptors (Lipinski definition) is 2. The molecule has 0 fully saturated rings. The largest absolute Gasteiger partial charge is 0.380 e. The van der Waals surface area contributed by atoms with Gasteiger partial charge in [0.15, 0.2) is 0 Å². The van der Waals surface area contributed by atoms with Crippen molar-refractivity contribution in [3.8, 4) is 0 Å². The summed E-state index contributed by atoms with van der Waals surface area (Å²) in [6.45, 7) is 13.4. The molecule has 0 saturated heterocycles. The van der Waals surface area contributed by atoms with Crippen LogP contribution in [-0.2, 0) is 12.0 Å². The highest BCUT2D eigenvalue weighted by Gasteiger charge is 2.30. The minimum atomic E-state index is 0.115. The Morgan fingerprint density at radius 2 is 1.89 bits per heavy atom. The Morgan fingerprint density at radius 1 is 1.22 bits per heavy atom. The SMILES string of the molecule is CN1Cc2cc(NC(C)(C)C)ccc2C(C)(C)C1. The van der Waals surface area contributed by atoms with E-state index in [9.17, 15) is 0 Å². The van der Waals surface area contributed by atoms with Crippen LogP contribution >= 0.6 is 0 Å². The molecule has 18 heavy (non-hydrogen) atoms. The van der Waals surface area contributed by atoms with Crippen molar-refractivity contribution in [2.75, 3.05) is 18.9 Å². The van der Waals surface area contributed by atoms with Crippen LogP contribution in [0.1, 0.15) is 45.7 Å². The van der Waals surface area contributed by atoms with Crippen molar-refractivity contribution in [2.45, 2.75) is 52.1 Å². The smallest absolute Gasteiger partial charge is 0.0347 e. The van der Waals surface area contributed by atoms with E-state index in [1.54, 1.807) is 0 Å². The lowest BCUT2D eigenvalue weighted by Crippen LogP contribution is -2.40. The maximum Gasteiger partial charge on any atom is 0.0347 e. The molecule has 1 aromatic carbocycles. The fraction of sp³-hybridized carbons (Fsp3) is 0.625. The molecule has 1 aromatic rings. The molecule has 0 spiro atoms. The van der Waals surface area contributed by atoms with Crippen molar-refractivity contribution in [1.82, 2.24) is 4.90 Å². The predicted molar refractivity (Wildman–Crippen MR) is 79.2 cm³/mol. The van der Waals surface area contributed by atoms with Gasteiger partial charge in [-0.05, 0) is 51.1 Å². The van der Waals surface area contributed by atoms with E-state index >= 15 is 0 Å². The molecule has 100 valence electrons. The zero-order valence-corrected chi connectivity index (χ0v) is 12.6. The van der Waals surface area contributed by atoms with Gasteiger partial charge in [-0.3, -0.25) is 0 Å². The number of likely N-dealkylation sites (N-methyl/N-ethyl adjacent to an activating group) is 1. The quantitative estimate of drug-likeness (QED) is 0.814. The standard InChI is InChI=1S/C16H26N2/c1-15(2,3)17-13-7-8-14-12(9-13)10-18(6)11-16(14,4)5/h7-9,17H,10-11H2,1-6H3. The van der Waals surface area contributed by atoms with Crippen LogP contribution in [0.5, 0.6) is 0 Å². The van der Waals surface area contributed by atoms with E-state index in [1.807, 2.05) is 0 Å². The summed E-state index contributed by atoms with van der Waals surface area (Å²) in [5.74, 6) is 0. The predicted octanol–water partition coefficient (Wildman–Crippen LogP) is 3.62. The van der Waals surface area contributed by atoms with Crippen LogP contribution in [0, 0.1) is 0 Å². The third-order valence-electron chi connectivity index (χ3n) is 3.46. The number of nitrogens with zero attached hydrogens (tertiary/aromatic N) is 1. The van der Waals surface area contributed by atoms with Gasteiger partial charge in [0, 0.05) is 29.7 Å². The third-order valence-corrected chi connectivity index (χ3v) is 3.46. The number of benzene rings is 1. The highest BCUT2D eigenvalue weighted by atomic mass is 15.1. The van der Waals surface area contributed by atoms with E-state index < -0.39 is 0 Å². The Hall–Kier alpha value is -1.02. The summed E-state index contributed by atoms with van der Waals surface area (Å²) in [7, 11) is 2.20. The van der Waals surface area contributed by atoms with Gasteiger partial charge in [0.1, 0.15) is 0 Å². The molecule has 0 atom stereocenters. The Morgan fingerprint density at radius 3 is 2.50 bits per heavy atom. The molecule has 0 bridgehead atoms. The summed E-state index contributed by atoms with van der Waals surface area (Å²) < 4.78 is 0. The lowest BCUT2D eigenvalue weighted by Gasteiger charge is -2.38. The van der Waals surface area contributed by atoms with E-state index in [1.165, 1.54) is 16.8 Å². The second kappa shape index (κ2) is 4.27. The van der Waals surface area contributed by atoms with Crippen LogP contribution < -0.4 is 5.32 Å². The topological polar surface area (TPSA) is 15.3 Å². The van der Waals surface area contributed by atoms with E-state index in [2.05, 4.69) is 70.1 Å². The second-order valence-corrected chi connectivity index (χ2v) is 7.30. The average Bonchev–Trinajstić information content (AvgIpc) is 2.11. The Balaban J connectivity index is 2.35. The number of anilines is 1. The van der Waals surface area contributed by atoms with Gasteiger partial charge in [-0.25, -0.2) is 0 Å². The summed E-state index contributed by atoms with van der Waals surface area (Å²) in [6, 6.07) is 6.84. The lowest BCUT2D eigenvalue weighted by molar-refractivity contribution is 0.236. The molecule has 1 heterocycles. The van der Waals surface area contributed by atoms with Gasteiger partial charge in [-0.15, -0.1) is 0 Å². The van der Waals surface area contributed by atoms with Crippen molar-refractivity contribution in [2.24, 2.45) is 0 Å². The molecule has 2 rings (SSSR count). The molecule has 0 unspecified atom stereocenters. The van der Waals surface area contributed by atoms with Crippen molar-refractivity contribution in [3.05, 3.63) is 29.3 Å². The average molecular weight is 246 g/mol. The maximum atomic E-state index is 3.55. The van der Waals surface area contributed by atoms with Gasteiger partial charge in [0.05, 0.1) is 0 Å². The van der Waals surface area contributed by atoms with Crippen LogP contribution in [0.15, 0.2) is 18.2 Å². The van der Waals surface area contributed by atoms with Crippen LogP contribution in [-0.4, -0.2) is 24.0 Å². The van der Waals surface area contributed by atoms with Gasteiger partial charge in [-0.2, -0.15) is 0 Å². The molecule has 0 aliphatic carbocycles. The van der Waals surface area contributed by atoms with Gasteiger partial charge in [0.2, 0.25) is 0 Å². The maximum absolute atomic E-state index is 3.55. The summed E-state index contributed by atoms with van der Waals surface area (Å²) in [4.78, 5) is 2.41. The highest BCUT2D eigenvalue weighted by Crippen LogP contribution is 2.34. The summed E-state index contributed by atoms with van der Waals surface area (Å²) in [5.41, 5.74) is 4.56. The third kappa shape index (κ3) is 2.86. The molecule has 2 nitrogen and oxygen atoms in total. The number of hydrogen-bond donors (Lipinski definition) is 1. The molecule has 0 radical (unpaired) electrons. The first-order valence-electron chi connectivity index (χ1n) is 6.77. The zero-order valence-electron chi connectivity index (χ0n) is 12.6. The van der Waals surface area contributed by atoms with E-state index in [0.29, 0.717) is 0 Å².